The Kier molecular flexibility index (Phi) is 5.48. The summed E-state index contributed by atoms with van der Waals surface area (Å²) in [5, 5.41) is 9.07. The Balaban J connectivity index is 2.51. The summed E-state index contributed by atoms with van der Waals surface area (Å²) in [5.41, 5.74) is 0.111. The molecule has 0 fully saturated rings. The van der Waals surface area contributed by atoms with Crippen molar-refractivity contribution in [2.45, 2.75) is 4.90 Å². The first-order valence-corrected chi connectivity index (χ1v) is 8.45. The third-order valence-corrected chi connectivity index (χ3v) is 5.12. The first-order chi connectivity index (χ1) is 11.8. The number of halogens is 1. The molecule has 0 heterocycles. The summed E-state index contributed by atoms with van der Waals surface area (Å²) in [6.45, 7) is -0.817. The van der Waals surface area contributed by atoms with Gasteiger partial charge in [0.05, 0.1) is 24.8 Å². The Morgan fingerprint density at radius 2 is 1.76 bits per heavy atom. The van der Waals surface area contributed by atoms with Crippen LogP contribution in [0.5, 0.6) is 11.5 Å². The smallest absolute Gasteiger partial charge is 0.324 e. The molecule has 0 spiro atoms. The van der Waals surface area contributed by atoms with Gasteiger partial charge in [0.25, 0.3) is 10.0 Å². The fourth-order valence-electron chi connectivity index (χ4n) is 2.12. The van der Waals surface area contributed by atoms with E-state index in [9.17, 15) is 17.6 Å². The van der Waals surface area contributed by atoms with E-state index in [1.165, 1.54) is 38.5 Å². The second kappa shape index (κ2) is 7.39. The summed E-state index contributed by atoms with van der Waals surface area (Å²) in [5.74, 6) is -1.86. The molecule has 0 amide bonds. The molecule has 7 nitrogen and oxygen atoms in total. The lowest BCUT2D eigenvalue weighted by molar-refractivity contribution is -0.135. The standard InChI is InChI=1S/C16H16FNO6S/c1-23-12-5-3-11(4-6-12)18(10-16(19)20)25(21,22)13-7-8-15(24-2)14(17)9-13/h3-9H,10H2,1-2H3,(H,19,20). The largest absolute Gasteiger partial charge is 0.497 e. The van der Waals surface area contributed by atoms with Crippen LogP contribution in [0.4, 0.5) is 10.1 Å². The molecule has 2 rings (SSSR count). The van der Waals surface area contributed by atoms with Crippen LogP contribution in [0.1, 0.15) is 0 Å². The topological polar surface area (TPSA) is 93.1 Å². The number of nitrogens with zero attached hydrogens (tertiary/aromatic N) is 1. The Bertz CT molecular complexity index is 867. The van der Waals surface area contributed by atoms with E-state index in [-0.39, 0.29) is 16.3 Å². The van der Waals surface area contributed by atoms with E-state index in [1.54, 1.807) is 0 Å². The lowest BCUT2D eigenvalue weighted by Gasteiger charge is -2.23. The molecule has 0 unspecified atom stereocenters. The number of benzene rings is 2. The van der Waals surface area contributed by atoms with Gasteiger partial charge in [0.2, 0.25) is 0 Å². The highest BCUT2D eigenvalue weighted by Crippen LogP contribution is 2.28. The Hall–Kier alpha value is -2.81. The van der Waals surface area contributed by atoms with Crippen molar-refractivity contribution in [1.29, 1.82) is 0 Å². The lowest BCUT2D eigenvalue weighted by Crippen LogP contribution is -2.35. The van der Waals surface area contributed by atoms with Crippen molar-refractivity contribution < 1.29 is 32.2 Å². The molecule has 0 aliphatic heterocycles. The first kappa shape index (κ1) is 18.5. The number of methoxy groups -OCH3 is 2. The van der Waals surface area contributed by atoms with Gasteiger partial charge in [-0.25, -0.2) is 12.8 Å². The third-order valence-electron chi connectivity index (χ3n) is 3.35. The molecule has 0 bridgehead atoms. The van der Waals surface area contributed by atoms with Gasteiger partial charge in [-0.1, -0.05) is 0 Å². The fourth-order valence-corrected chi connectivity index (χ4v) is 3.55. The number of sulfonamides is 1. The molecule has 25 heavy (non-hydrogen) atoms. The van der Waals surface area contributed by atoms with Crippen LogP contribution in [0.2, 0.25) is 0 Å². The van der Waals surface area contributed by atoms with Gasteiger partial charge in [-0.15, -0.1) is 0 Å². The number of hydrogen-bond donors (Lipinski definition) is 1. The molecule has 2 aromatic carbocycles. The Morgan fingerprint density at radius 1 is 1.12 bits per heavy atom. The van der Waals surface area contributed by atoms with Crippen molar-refractivity contribution in [2.75, 3.05) is 25.1 Å². The number of carboxylic acids is 1. The van der Waals surface area contributed by atoms with E-state index in [2.05, 4.69) is 0 Å². The zero-order valence-electron chi connectivity index (χ0n) is 13.5. The van der Waals surface area contributed by atoms with E-state index in [0.717, 1.165) is 18.2 Å². The van der Waals surface area contributed by atoms with Crippen molar-refractivity contribution in [1.82, 2.24) is 0 Å². The summed E-state index contributed by atoms with van der Waals surface area (Å²) in [6.07, 6.45) is 0. The maximum Gasteiger partial charge on any atom is 0.324 e. The van der Waals surface area contributed by atoms with Crippen molar-refractivity contribution >= 4 is 21.7 Å². The van der Waals surface area contributed by atoms with Gasteiger partial charge < -0.3 is 14.6 Å². The van der Waals surface area contributed by atoms with Gasteiger partial charge in [-0.05, 0) is 42.5 Å². The van der Waals surface area contributed by atoms with E-state index >= 15 is 0 Å². The summed E-state index contributed by atoms with van der Waals surface area (Å²) < 4.78 is 49.9. The number of anilines is 1. The third kappa shape index (κ3) is 4.00. The molecule has 0 radical (unpaired) electrons. The van der Waals surface area contributed by atoms with Crippen LogP contribution >= 0.6 is 0 Å². The molecule has 134 valence electrons. The van der Waals surface area contributed by atoms with Gasteiger partial charge in [0.1, 0.15) is 12.3 Å². The average Bonchev–Trinajstić information content (AvgIpc) is 2.59. The van der Waals surface area contributed by atoms with Crippen LogP contribution in [0, 0.1) is 5.82 Å². The van der Waals surface area contributed by atoms with E-state index in [1.807, 2.05) is 0 Å². The van der Waals surface area contributed by atoms with E-state index in [0.29, 0.717) is 10.1 Å². The normalized spacial score (nSPS) is 11.0. The number of ether oxygens (including phenoxy) is 2. The summed E-state index contributed by atoms with van der Waals surface area (Å²) in [6, 6.07) is 8.89. The van der Waals surface area contributed by atoms with Crippen LogP contribution in [0.15, 0.2) is 47.4 Å². The minimum absolute atomic E-state index is 0.111. The molecule has 9 heteroatoms. The van der Waals surface area contributed by atoms with Crippen LogP contribution in [-0.2, 0) is 14.8 Å². The Labute approximate surface area is 144 Å². The van der Waals surface area contributed by atoms with Gasteiger partial charge in [-0.2, -0.15) is 0 Å². The van der Waals surface area contributed by atoms with Crippen LogP contribution in [0.25, 0.3) is 0 Å². The van der Waals surface area contributed by atoms with Gasteiger partial charge in [0, 0.05) is 0 Å². The molecule has 1 N–H and O–H groups in total. The van der Waals surface area contributed by atoms with Crippen molar-refractivity contribution in [3.8, 4) is 11.5 Å². The van der Waals surface area contributed by atoms with Crippen LogP contribution in [0.3, 0.4) is 0 Å². The molecule has 0 aromatic heterocycles. The second-order valence-electron chi connectivity index (χ2n) is 4.90. The SMILES string of the molecule is COc1ccc(N(CC(=O)O)S(=O)(=O)c2ccc(OC)c(F)c2)cc1. The summed E-state index contributed by atoms with van der Waals surface area (Å²) in [4.78, 5) is 10.7. The second-order valence-corrected chi connectivity index (χ2v) is 6.76. The maximum absolute atomic E-state index is 13.9. The van der Waals surface area contributed by atoms with Crippen LogP contribution in [-0.4, -0.2) is 40.3 Å². The fraction of sp³-hybridized carbons (Fsp3) is 0.188. The van der Waals surface area contributed by atoms with Crippen molar-refractivity contribution in [2.24, 2.45) is 0 Å². The number of carbonyl (C=O) groups is 1. The molecule has 0 saturated carbocycles. The van der Waals surface area contributed by atoms with E-state index < -0.39 is 28.4 Å². The number of aliphatic carboxylic acids is 1. The molecule has 0 saturated heterocycles. The predicted octanol–water partition coefficient (Wildman–Crippen LogP) is 2.12. The highest BCUT2D eigenvalue weighted by Gasteiger charge is 2.28. The van der Waals surface area contributed by atoms with Gasteiger partial charge in [0.15, 0.2) is 11.6 Å². The number of rotatable bonds is 7. The maximum atomic E-state index is 13.9. The quantitative estimate of drug-likeness (QED) is 0.804. The van der Waals surface area contributed by atoms with Crippen molar-refractivity contribution in [3.05, 3.63) is 48.3 Å². The molecular weight excluding hydrogens is 353 g/mol. The molecule has 0 aliphatic carbocycles. The monoisotopic (exact) mass is 369 g/mol. The average molecular weight is 369 g/mol. The number of hydrogen-bond acceptors (Lipinski definition) is 5. The van der Waals surface area contributed by atoms with Crippen molar-refractivity contribution in [3.63, 3.8) is 0 Å². The summed E-state index contributed by atoms with van der Waals surface area (Å²) >= 11 is 0. The minimum atomic E-state index is -4.30. The Morgan fingerprint density at radius 3 is 2.24 bits per heavy atom. The lowest BCUT2D eigenvalue weighted by atomic mass is 10.3. The molecule has 2 aromatic rings. The highest BCUT2D eigenvalue weighted by molar-refractivity contribution is 7.92. The van der Waals surface area contributed by atoms with E-state index in [4.69, 9.17) is 14.6 Å². The number of carboxylic acid groups (broad SMARTS) is 1. The summed E-state index contributed by atoms with van der Waals surface area (Å²) in [7, 11) is -1.60. The first-order valence-electron chi connectivity index (χ1n) is 7.01. The highest BCUT2D eigenvalue weighted by atomic mass is 32.2. The molecule has 0 atom stereocenters. The van der Waals surface area contributed by atoms with Gasteiger partial charge in [-0.3, -0.25) is 9.10 Å². The minimum Gasteiger partial charge on any atom is -0.497 e. The predicted molar refractivity (Wildman–Crippen MR) is 88.1 cm³/mol. The van der Waals surface area contributed by atoms with Crippen LogP contribution < -0.4 is 13.8 Å². The zero-order valence-corrected chi connectivity index (χ0v) is 14.3. The molecule has 0 aliphatic rings. The molecular formula is C16H16FNO6S. The van der Waals surface area contributed by atoms with Gasteiger partial charge >= 0.3 is 5.97 Å². The zero-order chi connectivity index (χ0) is 18.6.